The summed E-state index contributed by atoms with van der Waals surface area (Å²) < 4.78 is 12.9. The van der Waals surface area contributed by atoms with E-state index >= 15 is 0 Å². The molecule has 8 atom stereocenters. The number of anilines is 1. The van der Waals surface area contributed by atoms with Gasteiger partial charge in [-0.3, -0.25) is 19.2 Å². The average molecular weight is 662 g/mol. The molecule has 2 saturated heterocycles. The van der Waals surface area contributed by atoms with Crippen LogP contribution >= 0.6 is 11.6 Å². The van der Waals surface area contributed by atoms with Crippen LogP contribution in [0.2, 0.25) is 5.02 Å². The van der Waals surface area contributed by atoms with Crippen LogP contribution in [0.4, 0.5) is 5.69 Å². The van der Waals surface area contributed by atoms with Crippen LogP contribution in [-0.2, 0) is 28.7 Å². The number of nitrogens with zero attached hydrogens (tertiary/aromatic N) is 2. The maximum atomic E-state index is 14.8. The minimum absolute atomic E-state index is 0.0564. The Morgan fingerprint density at radius 2 is 1.79 bits per heavy atom. The number of carbonyl (C=O) groups is 4. The van der Waals surface area contributed by atoms with Crippen LogP contribution < -0.4 is 10.2 Å². The van der Waals surface area contributed by atoms with E-state index in [1.807, 2.05) is 44.2 Å². The third-order valence-electron chi connectivity index (χ3n) is 9.97. The largest absolute Gasteiger partial charge is 0.455 e. The lowest BCUT2D eigenvalue weighted by Gasteiger charge is -2.40. The second kappa shape index (κ2) is 13.6. The predicted molar refractivity (Wildman–Crippen MR) is 175 cm³/mol. The maximum Gasteiger partial charge on any atom is 0.313 e. The fourth-order valence-corrected chi connectivity index (χ4v) is 7.64. The Balaban J connectivity index is 1.48. The number of rotatable bonds is 6. The van der Waals surface area contributed by atoms with E-state index in [1.165, 1.54) is 9.80 Å². The first-order chi connectivity index (χ1) is 22.7. The molecule has 0 aromatic heterocycles. The van der Waals surface area contributed by atoms with Crippen molar-refractivity contribution in [3.63, 3.8) is 0 Å². The van der Waals surface area contributed by atoms with Crippen molar-refractivity contribution < 1.29 is 33.8 Å². The van der Waals surface area contributed by atoms with Crippen molar-refractivity contribution in [3.05, 3.63) is 89.5 Å². The highest BCUT2D eigenvalue weighted by Crippen LogP contribution is 2.54. The third kappa shape index (κ3) is 5.87. The number of cyclic esters (lactones) is 1. The topological polar surface area (TPSA) is 125 Å². The Morgan fingerprint density at radius 3 is 2.51 bits per heavy atom. The van der Waals surface area contributed by atoms with Crippen LogP contribution in [0, 0.1) is 17.8 Å². The summed E-state index contributed by atoms with van der Waals surface area (Å²) in [5.41, 5.74) is -0.374. The fraction of sp³-hybridized carbons (Fsp3) is 0.444. The molecule has 0 saturated carbocycles. The Bertz CT molecular complexity index is 1580. The number of hydrogen-bond acceptors (Lipinski definition) is 7. The van der Waals surface area contributed by atoms with Crippen molar-refractivity contribution in [2.45, 2.75) is 63.0 Å². The SMILES string of the molecule is CC[C@H](C)[C@H](CO)N1C(=O)[C@H]2[C@@H]3C(=O)O[C@@H](c4ccccc4)CNC(=O)CC/C=C\[C@@H]3O[C@]23C=CCN(c2ccccc2Cl)C(=O)[C@H]13. The van der Waals surface area contributed by atoms with Gasteiger partial charge in [0.1, 0.15) is 23.7 Å². The molecule has 4 aliphatic heterocycles. The van der Waals surface area contributed by atoms with Crippen LogP contribution in [0.25, 0.3) is 0 Å². The van der Waals surface area contributed by atoms with E-state index in [0.717, 1.165) is 0 Å². The molecule has 2 aromatic rings. The molecule has 2 aromatic carbocycles. The summed E-state index contributed by atoms with van der Waals surface area (Å²) in [5, 5.41) is 13.9. The first kappa shape index (κ1) is 32.9. The highest BCUT2D eigenvalue weighted by molar-refractivity contribution is 6.34. The van der Waals surface area contributed by atoms with Crippen molar-refractivity contribution in [1.29, 1.82) is 0 Å². The van der Waals surface area contributed by atoms with Crippen LogP contribution in [0.5, 0.6) is 0 Å². The van der Waals surface area contributed by atoms with Gasteiger partial charge in [-0.15, -0.1) is 0 Å². The summed E-state index contributed by atoms with van der Waals surface area (Å²) in [7, 11) is 0. The number of nitrogens with one attached hydrogen (secondary N) is 1. The van der Waals surface area contributed by atoms with E-state index in [4.69, 9.17) is 21.1 Å². The molecule has 2 fully saturated rings. The van der Waals surface area contributed by atoms with Crippen molar-refractivity contribution >= 4 is 41.0 Å². The van der Waals surface area contributed by atoms with Gasteiger partial charge in [0.05, 0.1) is 41.9 Å². The van der Waals surface area contributed by atoms with Crippen molar-refractivity contribution in [3.8, 4) is 0 Å². The Hall–Kier alpha value is -3.99. The van der Waals surface area contributed by atoms with E-state index in [0.29, 0.717) is 29.1 Å². The summed E-state index contributed by atoms with van der Waals surface area (Å²) in [6.07, 6.45) is 6.50. The van der Waals surface area contributed by atoms with Gasteiger partial charge in [-0.05, 0) is 30.0 Å². The monoisotopic (exact) mass is 661 g/mol. The second-order valence-corrected chi connectivity index (χ2v) is 13.0. The van der Waals surface area contributed by atoms with E-state index in [9.17, 15) is 24.3 Å². The zero-order chi connectivity index (χ0) is 33.3. The number of amides is 3. The highest BCUT2D eigenvalue weighted by atomic mass is 35.5. The minimum Gasteiger partial charge on any atom is -0.455 e. The summed E-state index contributed by atoms with van der Waals surface area (Å²) in [6.45, 7) is 3.72. The van der Waals surface area contributed by atoms with Crippen LogP contribution in [-0.4, -0.2) is 77.2 Å². The molecule has 2 N–H and O–H groups in total. The molecule has 11 heteroatoms. The van der Waals surface area contributed by atoms with Gasteiger partial charge in [0.15, 0.2) is 0 Å². The number of esters is 1. The van der Waals surface area contributed by atoms with Gasteiger partial charge in [0.25, 0.3) is 5.91 Å². The normalized spacial score (nSPS) is 31.4. The first-order valence-corrected chi connectivity index (χ1v) is 16.6. The van der Waals surface area contributed by atoms with Gasteiger partial charge in [0.2, 0.25) is 11.8 Å². The molecule has 6 rings (SSSR count). The molecule has 4 aliphatic rings. The van der Waals surface area contributed by atoms with Crippen LogP contribution in [0.1, 0.15) is 44.8 Å². The molecular formula is C36H40ClN3O7. The van der Waals surface area contributed by atoms with Gasteiger partial charge in [-0.1, -0.05) is 98.6 Å². The van der Waals surface area contributed by atoms with E-state index < -0.39 is 59.5 Å². The number of halogens is 1. The number of aliphatic hydroxyl groups is 1. The van der Waals surface area contributed by atoms with Crippen LogP contribution in [0.3, 0.4) is 0 Å². The van der Waals surface area contributed by atoms with Gasteiger partial charge in [-0.25, -0.2) is 0 Å². The van der Waals surface area contributed by atoms with E-state index in [1.54, 1.807) is 48.6 Å². The average Bonchev–Trinajstić information content (AvgIpc) is 3.46. The van der Waals surface area contributed by atoms with Crippen LogP contribution in [0.15, 0.2) is 78.9 Å². The molecule has 1 spiro atoms. The number of para-hydroxylation sites is 1. The Labute approximate surface area is 279 Å². The quantitative estimate of drug-likeness (QED) is 0.354. The van der Waals surface area contributed by atoms with E-state index in [2.05, 4.69) is 5.32 Å². The molecule has 0 bridgehead atoms. The minimum atomic E-state index is -1.54. The third-order valence-corrected chi connectivity index (χ3v) is 10.3. The number of carbonyl (C=O) groups excluding carboxylic acids is 4. The second-order valence-electron chi connectivity index (χ2n) is 12.6. The van der Waals surface area contributed by atoms with Gasteiger partial charge >= 0.3 is 5.97 Å². The Morgan fingerprint density at radius 1 is 1.04 bits per heavy atom. The van der Waals surface area contributed by atoms with Crippen molar-refractivity contribution in [1.82, 2.24) is 10.2 Å². The lowest BCUT2D eigenvalue weighted by atomic mass is 9.77. The van der Waals surface area contributed by atoms with Gasteiger partial charge in [0, 0.05) is 13.0 Å². The van der Waals surface area contributed by atoms with Gasteiger partial charge in [-0.2, -0.15) is 0 Å². The van der Waals surface area contributed by atoms with E-state index in [-0.39, 0.29) is 37.9 Å². The van der Waals surface area contributed by atoms with Crippen molar-refractivity contribution in [2.75, 3.05) is 24.6 Å². The molecule has 47 heavy (non-hydrogen) atoms. The highest BCUT2D eigenvalue weighted by Gasteiger charge is 2.72. The number of allylic oxidation sites excluding steroid dienone is 1. The number of aliphatic hydroxyl groups excluding tert-OH is 1. The zero-order valence-electron chi connectivity index (χ0n) is 26.5. The molecule has 0 aliphatic carbocycles. The predicted octanol–water partition coefficient (Wildman–Crippen LogP) is 3.98. The maximum absolute atomic E-state index is 14.8. The fourth-order valence-electron chi connectivity index (χ4n) is 7.40. The summed E-state index contributed by atoms with van der Waals surface area (Å²) in [4.78, 5) is 59.5. The number of likely N-dealkylation sites (tertiary alicyclic amines) is 1. The standard InChI is InChI=1S/C36H40ClN3O7/c1-3-22(2)26(21-41)40-32-34(44)39(25-15-8-7-14-24(25)37)19-11-18-36(32)31(33(40)43)30-27(47-36)16-9-10-17-29(42)38-20-28(46-35(30)45)23-12-5-4-6-13-23/h4-9,11-16,18,22,26-28,30-32,41H,3,10,17,19-21H2,1-2H3,(H,38,42)/b16-9-/t22-,26-,27-,28+,30+,31+,32-,36+/m0/s1. The smallest absolute Gasteiger partial charge is 0.313 e. The van der Waals surface area contributed by atoms with Crippen molar-refractivity contribution in [2.24, 2.45) is 17.8 Å². The summed E-state index contributed by atoms with van der Waals surface area (Å²) in [5.74, 6) is -4.12. The molecule has 4 heterocycles. The number of benzene rings is 2. The molecule has 0 unspecified atom stereocenters. The number of hydrogen-bond donors (Lipinski definition) is 2. The number of fused-ring (bicyclic) bond motifs is 2. The summed E-state index contributed by atoms with van der Waals surface area (Å²) in [6, 6.07) is 14.2. The molecule has 0 radical (unpaired) electrons. The molecule has 248 valence electrons. The molecule has 3 amide bonds. The Kier molecular flexibility index (Phi) is 9.55. The lowest BCUT2D eigenvalue weighted by molar-refractivity contribution is -0.160. The zero-order valence-corrected chi connectivity index (χ0v) is 27.2. The molecule has 10 nitrogen and oxygen atoms in total. The summed E-state index contributed by atoms with van der Waals surface area (Å²) >= 11 is 6.57. The van der Waals surface area contributed by atoms with Gasteiger partial charge < -0.3 is 29.7 Å². The first-order valence-electron chi connectivity index (χ1n) is 16.2. The lowest BCUT2D eigenvalue weighted by Crippen LogP contribution is -2.59. The number of ether oxygens (including phenoxy) is 2. The molecular weight excluding hydrogens is 622 g/mol.